The molecule has 1 atom stereocenters. The molecule has 2 heteroatoms. The van der Waals surface area contributed by atoms with Gasteiger partial charge in [0.15, 0.2) is 0 Å². The van der Waals surface area contributed by atoms with Crippen LogP contribution in [0.4, 0.5) is 0 Å². The van der Waals surface area contributed by atoms with Gasteiger partial charge in [0.2, 0.25) is 0 Å². The highest BCUT2D eigenvalue weighted by Crippen LogP contribution is 2.32. The number of nitrogens with one attached hydrogen (secondary N) is 2. The Morgan fingerprint density at radius 1 is 1.29 bits per heavy atom. The van der Waals surface area contributed by atoms with Crippen molar-refractivity contribution in [1.29, 1.82) is 0 Å². The van der Waals surface area contributed by atoms with Crippen LogP contribution in [-0.4, -0.2) is 11.5 Å². The van der Waals surface area contributed by atoms with E-state index < -0.39 is 0 Å². The molecule has 1 aliphatic rings. The Bertz CT molecular complexity index is 525. The first kappa shape index (κ1) is 10.8. The lowest BCUT2D eigenvalue weighted by Crippen LogP contribution is -2.30. The van der Waals surface area contributed by atoms with Crippen molar-refractivity contribution in [3.05, 3.63) is 35.5 Å². The standard InChI is InChI=1S/C15H20N2/c1-10(2)9-14-15-12(7-8-16-14)11-5-3-4-6-13(11)17-15/h3-6,10,14,16-17H,7-9H2,1-2H3. The Kier molecular flexibility index (Phi) is 2.67. The van der Waals surface area contributed by atoms with Crippen LogP contribution < -0.4 is 5.32 Å². The van der Waals surface area contributed by atoms with Crippen molar-refractivity contribution in [3.8, 4) is 0 Å². The molecule has 1 aliphatic heterocycles. The van der Waals surface area contributed by atoms with Crippen molar-refractivity contribution in [2.75, 3.05) is 6.54 Å². The first-order valence-corrected chi connectivity index (χ1v) is 6.58. The third-order valence-electron chi connectivity index (χ3n) is 3.67. The number of aromatic amines is 1. The zero-order valence-electron chi connectivity index (χ0n) is 10.6. The summed E-state index contributed by atoms with van der Waals surface area (Å²) >= 11 is 0. The number of aromatic nitrogens is 1. The molecule has 17 heavy (non-hydrogen) atoms. The number of hydrogen-bond acceptors (Lipinski definition) is 1. The van der Waals surface area contributed by atoms with Gasteiger partial charge in [-0.3, -0.25) is 0 Å². The van der Waals surface area contributed by atoms with Gasteiger partial charge in [-0.2, -0.15) is 0 Å². The summed E-state index contributed by atoms with van der Waals surface area (Å²) in [5.41, 5.74) is 4.24. The van der Waals surface area contributed by atoms with E-state index in [0.717, 1.165) is 18.9 Å². The molecule has 0 radical (unpaired) electrons. The minimum absolute atomic E-state index is 0.506. The largest absolute Gasteiger partial charge is 0.357 e. The molecule has 2 heterocycles. The lowest BCUT2D eigenvalue weighted by atomic mass is 9.93. The second kappa shape index (κ2) is 4.19. The van der Waals surface area contributed by atoms with Crippen LogP contribution in [0.15, 0.2) is 24.3 Å². The normalized spacial score (nSPS) is 19.8. The molecule has 3 rings (SSSR count). The lowest BCUT2D eigenvalue weighted by molar-refractivity contribution is 0.409. The first-order chi connectivity index (χ1) is 8.25. The predicted octanol–water partition coefficient (Wildman–Crippen LogP) is 3.40. The maximum atomic E-state index is 3.64. The summed E-state index contributed by atoms with van der Waals surface area (Å²) in [6.45, 7) is 5.68. The highest BCUT2D eigenvalue weighted by molar-refractivity contribution is 5.85. The predicted molar refractivity (Wildman–Crippen MR) is 72.2 cm³/mol. The fourth-order valence-electron chi connectivity index (χ4n) is 2.93. The van der Waals surface area contributed by atoms with Gasteiger partial charge in [-0.25, -0.2) is 0 Å². The summed E-state index contributed by atoms with van der Waals surface area (Å²) in [6.07, 6.45) is 2.35. The number of H-pyrrole nitrogens is 1. The molecule has 1 unspecified atom stereocenters. The molecule has 1 aromatic carbocycles. The van der Waals surface area contributed by atoms with Crippen LogP contribution >= 0.6 is 0 Å². The van der Waals surface area contributed by atoms with Crippen molar-refractivity contribution >= 4 is 10.9 Å². The highest BCUT2D eigenvalue weighted by atomic mass is 15.0. The van der Waals surface area contributed by atoms with E-state index in [9.17, 15) is 0 Å². The molecule has 0 saturated heterocycles. The first-order valence-electron chi connectivity index (χ1n) is 6.58. The Balaban J connectivity index is 2.07. The van der Waals surface area contributed by atoms with Crippen molar-refractivity contribution in [1.82, 2.24) is 10.3 Å². The second-order valence-electron chi connectivity index (χ2n) is 5.45. The van der Waals surface area contributed by atoms with Gasteiger partial charge in [0.25, 0.3) is 0 Å². The minimum atomic E-state index is 0.506. The smallest absolute Gasteiger partial charge is 0.0478 e. The fraction of sp³-hybridized carbons (Fsp3) is 0.467. The average molecular weight is 228 g/mol. The van der Waals surface area contributed by atoms with Crippen molar-refractivity contribution in [3.63, 3.8) is 0 Å². The maximum Gasteiger partial charge on any atom is 0.0478 e. The zero-order chi connectivity index (χ0) is 11.8. The van der Waals surface area contributed by atoms with Gasteiger partial charge in [0.05, 0.1) is 0 Å². The third-order valence-corrected chi connectivity index (χ3v) is 3.67. The molecular weight excluding hydrogens is 208 g/mol. The summed E-state index contributed by atoms with van der Waals surface area (Å²) < 4.78 is 0. The molecule has 90 valence electrons. The average Bonchev–Trinajstić information content (AvgIpc) is 2.68. The molecule has 0 aliphatic carbocycles. The summed E-state index contributed by atoms with van der Waals surface area (Å²) in [4.78, 5) is 3.61. The Morgan fingerprint density at radius 2 is 2.12 bits per heavy atom. The topological polar surface area (TPSA) is 27.8 Å². The van der Waals surface area contributed by atoms with Crippen LogP contribution in [0.3, 0.4) is 0 Å². The quantitative estimate of drug-likeness (QED) is 0.810. The monoisotopic (exact) mass is 228 g/mol. The lowest BCUT2D eigenvalue weighted by Gasteiger charge is -2.25. The third kappa shape index (κ3) is 1.87. The number of para-hydroxylation sites is 1. The van der Waals surface area contributed by atoms with Gasteiger partial charge < -0.3 is 10.3 Å². The van der Waals surface area contributed by atoms with E-state index >= 15 is 0 Å². The molecule has 2 nitrogen and oxygen atoms in total. The zero-order valence-corrected chi connectivity index (χ0v) is 10.6. The summed E-state index contributed by atoms with van der Waals surface area (Å²) in [5.74, 6) is 0.727. The molecule has 0 saturated carbocycles. The van der Waals surface area contributed by atoms with Crippen LogP contribution in [0.5, 0.6) is 0 Å². The number of benzene rings is 1. The molecule has 0 spiro atoms. The molecule has 2 N–H and O–H groups in total. The Hall–Kier alpha value is -1.28. The van der Waals surface area contributed by atoms with Crippen LogP contribution in [0, 0.1) is 5.92 Å². The van der Waals surface area contributed by atoms with Crippen molar-refractivity contribution < 1.29 is 0 Å². The minimum Gasteiger partial charge on any atom is -0.357 e. The van der Waals surface area contributed by atoms with Crippen molar-refractivity contribution in [2.24, 2.45) is 5.92 Å². The summed E-state index contributed by atoms with van der Waals surface area (Å²) in [7, 11) is 0. The molecule has 1 aromatic heterocycles. The van der Waals surface area contributed by atoms with Crippen LogP contribution in [0.25, 0.3) is 10.9 Å². The number of rotatable bonds is 2. The van der Waals surface area contributed by atoms with Gasteiger partial charge in [-0.1, -0.05) is 32.0 Å². The molecule has 0 bridgehead atoms. The molecular formula is C15H20N2. The van der Waals surface area contributed by atoms with E-state index in [1.807, 2.05) is 0 Å². The van der Waals surface area contributed by atoms with E-state index in [-0.39, 0.29) is 0 Å². The van der Waals surface area contributed by atoms with E-state index in [1.54, 1.807) is 0 Å². The van der Waals surface area contributed by atoms with Gasteiger partial charge >= 0.3 is 0 Å². The van der Waals surface area contributed by atoms with Crippen LogP contribution in [-0.2, 0) is 6.42 Å². The van der Waals surface area contributed by atoms with Crippen LogP contribution in [0.2, 0.25) is 0 Å². The summed E-state index contributed by atoms with van der Waals surface area (Å²) in [5, 5.41) is 5.05. The van der Waals surface area contributed by atoms with E-state index in [4.69, 9.17) is 0 Å². The van der Waals surface area contributed by atoms with E-state index in [1.165, 1.54) is 28.6 Å². The molecule has 0 fully saturated rings. The second-order valence-corrected chi connectivity index (χ2v) is 5.45. The Labute approximate surface area is 102 Å². The number of fused-ring (bicyclic) bond motifs is 3. The number of hydrogen-bond donors (Lipinski definition) is 2. The molecule has 2 aromatic rings. The van der Waals surface area contributed by atoms with Gasteiger partial charge in [0.1, 0.15) is 0 Å². The van der Waals surface area contributed by atoms with E-state index in [2.05, 4.69) is 48.4 Å². The van der Waals surface area contributed by atoms with Gasteiger partial charge in [-0.15, -0.1) is 0 Å². The maximum absolute atomic E-state index is 3.64. The van der Waals surface area contributed by atoms with Crippen LogP contribution in [0.1, 0.15) is 37.6 Å². The van der Waals surface area contributed by atoms with Crippen molar-refractivity contribution in [2.45, 2.75) is 32.7 Å². The van der Waals surface area contributed by atoms with E-state index in [0.29, 0.717) is 6.04 Å². The van der Waals surface area contributed by atoms with Gasteiger partial charge in [-0.05, 0) is 36.9 Å². The fourth-order valence-corrected chi connectivity index (χ4v) is 2.93. The Morgan fingerprint density at radius 3 is 2.94 bits per heavy atom. The molecule has 0 amide bonds. The summed E-state index contributed by atoms with van der Waals surface area (Å²) in [6, 6.07) is 9.17. The highest BCUT2D eigenvalue weighted by Gasteiger charge is 2.23. The van der Waals surface area contributed by atoms with Gasteiger partial charge in [0, 0.05) is 22.6 Å². The SMILES string of the molecule is CC(C)CC1NCCc2c1[nH]c1ccccc21.